The maximum Gasteiger partial charge on any atom is 0.147 e. The highest BCUT2D eigenvalue weighted by Crippen LogP contribution is 2.19. The summed E-state index contributed by atoms with van der Waals surface area (Å²) in [7, 11) is -2.92. The smallest absolute Gasteiger partial charge is 0.147 e. The molecule has 0 aliphatic rings. The van der Waals surface area contributed by atoms with Gasteiger partial charge in [-0.2, -0.15) is 0 Å². The number of sulfone groups is 1. The van der Waals surface area contributed by atoms with Crippen LogP contribution in [-0.4, -0.2) is 35.9 Å². The quantitative estimate of drug-likeness (QED) is 0.770. The van der Waals surface area contributed by atoms with Gasteiger partial charge in [0.05, 0.1) is 16.8 Å². The highest BCUT2D eigenvalue weighted by atomic mass is 35.5. The number of nitrogens with zero attached hydrogens (tertiary/aromatic N) is 2. The molecule has 0 saturated heterocycles. The normalized spacial score (nSPS) is 12.2. The number of benzene rings is 1. The van der Waals surface area contributed by atoms with Crippen LogP contribution in [0.25, 0.3) is 11.0 Å². The number of alkyl halides is 1. The first-order chi connectivity index (χ1) is 9.40. The molecule has 0 aliphatic carbocycles. The Morgan fingerprint density at radius 3 is 2.75 bits per heavy atom. The number of halogens is 1. The van der Waals surface area contributed by atoms with Crippen LogP contribution >= 0.6 is 11.6 Å². The minimum absolute atomic E-state index is 0.193. The number of aryl methyl sites for hydroxylation is 3. The standard InChI is InChI=1S/C14H19ClN2O2S/c1-11-4-5-12-13(10-11)17(14(16-12)6-7-15)8-3-9-20(2,18)19/h4-5,10H,3,6-9H2,1-2H3. The Kier molecular flexibility index (Phi) is 4.70. The van der Waals surface area contributed by atoms with Gasteiger partial charge < -0.3 is 4.57 Å². The van der Waals surface area contributed by atoms with Gasteiger partial charge in [0, 0.05) is 25.1 Å². The zero-order chi connectivity index (χ0) is 14.8. The monoisotopic (exact) mass is 314 g/mol. The van der Waals surface area contributed by atoms with Crippen molar-refractivity contribution < 1.29 is 8.42 Å². The molecule has 0 bridgehead atoms. The van der Waals surface area contributed by atoms with E-state index < -0.39 is 9.84 Å². The van der Waals surface area contributed by atoms with Gasteiger partial charge >= 0.3 is 0 Å². The summed E-state index contributed by atoms with van der Waals surface area (Å²) in [5.74, 6) is 1.63. The highest BCUT2D eigenvalue weighted by molar-refractivity contribution is 7.90. The van der Waals surface area contributed by atoms with Crippen molar-refractivity contribution >= 4 is 32.5 Å². The third-order valence-corrected chi connectivity index (χ3v) is 4.42. The van der Waals surface area contributed by atoms with E-state index in [2.05, 4.69) is 15.6 Å². The van der Waals surface area contributed by atoms with Gasteiger partial charge in [0.25, 0.3) is 0 Å². The van der Waals surface area contributed by atoms with Gasteiger partial charge in [-0.25, -0.2) is 13.4 Å². The molecule has 0 amide bonds. The molecule has 0 spiro atoms. The summed E-state index contributed by atoms with van der Waals surface area (Å²) in [6.45, 7) is 2.69. The molecule has 0 aliphatic heterocycles. The topological polar surface area (TPSA) is 52.0 Å². The molecule has 2 aromatic rings. The van der Waals surface area contributed by atoms with Crippen molar-refractivity contribution in [1.29, 1.82) is 0 Å². The Morgan fingerprint density at radius 1 is 1.35 bits per heavy atom. The summed E-state index contributed by atoms with van der Waals surface area (Å²) in [6, 6.07) is 6.11. The third kappa shape index (κ3) is 3.73. The average Bonchev–Trinajstić information content (AvgIpc) is 2.66. The molecule has 110 valence electrons. The second-order valence-electron chi connectivity index (χ2n) is 5.09. The predicted molar refractivity (Wildman–Crippen MR) is 83.2 cm³/mol. The van der Waals surface area contributed by atoms with Crippen molar-refractivity contribution in [2.24, 2.45) is 0 Å². The van der Waals surface area contributed by atoms with E-state index in [1.165, 1.54) is 11.8 Å². The maximum atomic E-state index is 11.2. The maximum absolute atomic E-state index is 11.2. The molecule has 0 unspecified atom stereocenters. The van der Waals surface area contributed by atoms with Crippen LogP contribution in [0.1, 0.15) is 17.8 Å². The molecule has 4 nitrogen and oxygen atoms in total. The van der Waals surface area contributed by atoms with E-state index in [4.69, 9.17) is 11.6 Å². The number of rotatable bonds is 6. The number of fused-ring (bicyclic) bond motifs is 1. The molecule has 0 saturated carbocycles. The van der Waals surface area contributed by atoms with Crippen LogP contribution in [0.3, 0.4) is 0 Å². The minimum Gasteiger partial charge on any atom is -0.328 e. The van der Waals surface area contributed by atoms with Crippen molar-refractivity contribution in [3.05, 3.63) is 29.6 Å². The zero-order valence-corrected chi connectivity index (χ0v) is 13.3. The first-order valence-corrected chi connectivity index (χ1v) is 9.19. The first-order valence-electron chi connectivity index (χ1n) is 6.60. The Balaban J connectivity index is 2.32. The lowest BCUT2D eigenvalue weighted by molar-refractivity contribution is 0.590. The van der Waals surface area contributed by atoms with E-state index in [9.17, 15) is 8.42 Å². The predicted octanol–water partition coefficient (Wildman–Crippen LogP) is 2.56. The van der Waals surface area contributed by atoms with Crippen molar-refractivity contribution in [3.63, 3.8) is 0 Å². The van der Waals surface area contributed by atoms with Crippen molar-refractivity contribution in [3.8, 4) is 0 Å². The van der Waals surface area contributed by atoms with Gasteiger partial charge in [0.1, 0.15) is 15.7 Å². The van der Waals surface area contributed by atoms with E-state index in [0.29, 0.717) is 25.3 Å². The average molecular weight is 315 g/mol. The van der Waals surface area contributed by atoms with Gasteiger partial charge in [0.2, 0.25) is 0 Å². The Bertz CT molecular complexity index is 707. The molecule has 2 rings (SSSR count). The third-order valence-electron chi connectivity index (χ3n) is 3.20. The van der Waals surface area contributed by atoms with Crippen molar-refractivity contribution in [2.45, 2.75) is 26.3 Å². The van der Waals surface area contributed by atoms with Crippen molar-refractivity contribution in [1.82, 2.24) is 9.55 Å². The van der Waals surface area contributed by atoms with E-state index in [1.54, 1.807) is 0 Å². The van der Waals surface area contributed by atoms with Gasteiger partial charge in [-0.05, 0) is 31.0 Å². The molecule has 1 aromatic heterocycles. The molecular formula is C14H19ClN2O2S. The summed E-state index contributed by atoms with van der Waals surface area (Å²) in [6.07, 6.45) is 2.55. The fourth-order valence-electron chi connectivity index (χ4n) is 2.29. The zero-order valence-electron chi connectivity index (χ0n) is 11.8. The molecule has 1 heterocycles. The molecular weight excluding hydrogens is 296 g/mol. The van der Waals surface area contributed by atoms with Crippen LogP contribution in [-0.2, 0) is 22.8 Å². The summed E-state index contributed by atoms with van der Waals surface area (Å²) in [4.78, 5) is 4.59. The molecule has 0 atom stereocenters. The molecule has 0 N–H and O–H groups in total. The van der Waals surface area contributed by atoms with Crippen LogP contribution in [0.4, 0.5) is 0 Å². The Labute approximate surface area is 124 Å². The van der Waals surface area contributed by atoms with E-state index in [-0.39, 0.29) is 5.75 Å². The van der Waals surface area contributed by atoms with Crippen LogP contribution in [0.5, 0.6) is 0 Å². The summed E-state index contributed by atoms with van der Waals surface area (Å²) in [5.41, 5.74) is 3.16. The molecule has 1 aromatic carbocycles. The Morgan fingerprint density at radius 2 is 2.10 bits per heavy atom. The first kappa shape index (κ1) is 15.3. The lowest BCUT2D eigenvalue weighted by atomic mass is 10.2. The second-order valence-corrected chi connectivity index (χ2v) is 7.73. The fourth-order valence-corrected chi connectivity index (χ4v) is 3.11. The van der Waals surface area contributed by atoms with Crippen LogP contribution in [0, 0.1) is 6.92 Å². The van der Waals surface area contributed by atoms with E-state index in [0.717, 1.165) is 16.9 Å². The largest absolute Gasteiger partial charge is 0.328 e. The lowest BCUT2D eigenvalue weighted by Crippen LogP contribution is -2.10. The fraction of sp³-hybridized carbons (Fsp3) is 0.500. The van der Waals surface area contributed by atoms with Gasteiger partial charge in [-0.3, -0.25) is 0 Å². The van der Waals surface area contributed by atoms with Gasteiger partial charge in [-0.15, -0.1) is 11.6 Å². The van der Waals surface area contributed by atoms with Crippen molar-refractivity contribution in [2.75, 3.05) is 17.9 Å². The summed E-state index contributed by atoms with van der Waals surface area (Å²) < 4.78 is 24.6. The van der Waals surface area contributed by atoms with E-state index in [1.807, 2.05) is 19.1 Å². The van der Waals surface area contributed by atoms with Crippen LogP contribution in [0.15, 0.2) is 18.2 Å². The minimum atomic E-state index is -2.92. The van der Waals surface area contributed by atoms with Crippen LogP contribution in [0.2, 0.25) is 0 Å². The molecule has 0 radical (unpaired) electrons. The Hall–Kier alpha value is -1.07. The number of hydrogen-bond acceptors (Lipinski definition) is 3. The highest BCUT2D eigenvalue weighted by Gasteiger charge is 2.11. The van der Waals surface area contributed by atoms with E-state index >= 15 is 0 Å². The van der Waals surface area contributed by atoms with Gasteiger partial charge in [0.15, 0.2) is 0 Å². The number of aromatic nitrogens is 2. The lowest BCUT2D eigenvalue weighted by Gasteiger charge is -2.08. The summed E-state index contributed by atoms with van der Waals surface area (Å²) in [5, 5.41) is 0. The molecule has 0 fully saturated rings. The molecule has 20 heavy (non-hydrogen) atoms. The molecule has 6 heteroatoms. The second kappa shape index (κ2) is 6.14. The van der Waals surface area contributed by atoms with Gasteiger partial charge in [-0.1, -0.05) is 6.07 Å². The number of hydrogen-bond donors (Lipinski definition) is 0. The van der Waals surface area contributed by atoms with Crippen LogP contribution < -0.4 is 0 Å². The number of imidazole rings is 1. The summed E-state index contributed by atoms with van der Waals surface area (Å²) >= 11 is 5.82. The SMILES string of the molecule is Cc1ccc2nc(CCCl)n(CCCS(C)(=O)=O)c2c1.